The molecule has 0 radical (unpaired) electrons. The molecule has 82 valence electrons. The monoisotopic (exact) mass is 229 g/mol. The van der Waals surface area contributed by atoms with Gasteiger partial charge in [0.15, 0.2) is 5.54 Å². The lowest BCUT2D eigenvalue weighted by molar-refractivity contribution is -0.142. The molecule has 1 aromatic rings. The first-order chi connectivity index (χ1) is 7.02. The van der Waals surface area contributed by atoms with E-state index in [2.05, 4.69) is 9.97 Å². The predicted molar refractivity (Wildman–Crippen MR) is 56.7 cm³/mol. The third-order valence-corrected chi connectivity index (χ3v) is 2.90. The number of aliphatic carboxylic acids is 1. The molecule has 0 bridgehead atoms. The van der Waals surface area contributed by atoms with Crippen molar-refractivity contribution in [1.29, 1.82) is 0 Å². The number of carbonyl (C=O) groups is 1. The second-order valence-corrected chi connectivity index (χ2v) is 3.62. The summed E-state index contributed by atoms with van der Waals surface area (Å²) in [6, 6.07) is 1.56. The van der Waals surface area contributed by atoms with Gasteiger partial charge in [0.05, 0.1) is 0 Å². The molecule has 0 amide bonds. The number of aromatic nitrogens is 2. The van der Waals surface area contributed by atoms with Crippen molar-refractivity contribution in [3.05, 3.63) is 18.6 Å². The Labute approximate surface area is 92.8 Å². The fraction of sp³-hybridized carbons (Fsp3) is 0.444. The molecule has 1 rings (SSSR count). The average Bonchev–Trinajstić information content (AvgIpc) is 2.28. The minimum absolute atomic E-state index is 0.371. The van der Waals surface area contributed by atoms with Gasteiger partial charge in [0, 0.05) is 24.0 Å². The first kappa shape index (κ1) is 11.7. The molecule has 1 N–H and O–H groups in total. The van der Waals surface area contributed by atoms with Gasteiger partial charge in [-0.3, -0.25) is 4.42 Å². The highest BCUT2D eigenvalue weighted by atomic mass is 35.5. The van der Waals surface area contributed by atoms with Crippen LogP contribution in [0.15, 0.2) is 18.6 Å². The molecule has 0 aliphatic heterocycles. The van der Waals surface area contributed by atoms with Crippen LogP contribution >= 0.6 is 11.8 Å². The minimum Gasteiger partial charge on any atom is -0.479 e. The van der Waals surface area contributed by atoms with Gasteiger partial charge in [-0.25, -0.2) is 14.8 Å². The van der Waals surface area contributed by atoms with E-state index in [1.807, 2.05) is 0 Å². The lowest BCUT2D eigenvalue weighted by Crippen LogP contribution is -2.47. The van der Waals surface area contributed by atoms with Crippen LogP contribution in [0.25, 0.3) is 0 Å². The van der Waals surface area contributed by atoms with Crippen LogP contribution in [0.3, 0.4) is 0 Å². The summed E-state index contributed by atoms with van der Waals surface area (Å²) in [7, 11) is 0. The zero-order chi connectivity index (χ0) is 11.5. The van der Waals surface area contributed by atoms with E-state index in [0.717, 1.165) is 4.42 Å². The van der Waals surface area contributed by atoms with Gasteiger partial charge in [0.25, 0.3) is 0 Å². The SMILES string of the molecule is CCC(C)(C(=O)O)N(Cl)c1ccncn1. The molecule has 0 aliphatic rings. The molecular formula is C9H12ClN3O2. The number of hydrogen-bond acceptors (Lipinski definition) is 4. The number of rotatable bonds is 4. The lowest BCUT2D eigenvalue weighted by atomic mass is 9.99. The molecule has 6 heteroatoms. The van der Waals surface area contributed by atoms with Crippen LogP contribution in [0.5, 0.6) is 0 Å². The standard InChI is InChI=1S/C9H12ClN3O2/c1-3-9(2,8(14)15)13(10)7-4-5-11-6-12-7/h4-6H,3H2,1-2H3,(H,14,15). The number of nitrogens with zero attached hydrogens (tertiary/aromatic N) is 3. The summed E-state index contributed by atoms with van der Waals surface area (Å²) in [6.45, 7) is 3.30. The Morgan fingerprint density at radius 2 is 2.40 bits per heavy atom. The van der Waals surface area contributed by atoms with Crippen LogP contribution in [0.1, 0.15) is 20.3 Å². The molecule has 0 aliphatic carbocycles. The van der Waals surface area contributed by atoms with Gasteiger partial charge < -0.3 is 5.11 Å². The van der Waals surface area contributed by atoms with Crippen LogP contribution in [0.2, 0.25) is 0 Å². The number of hydrogen-bond donors (Lipinski definition) is 1. The Bertz CT molecular complexity index is 346. The third kappa shape index (κ3) is 2.18. The predicted octanol–water partition coefficient (Wildman–Crippen LogP) is 1.69. The number of halogens is 1. The van der Waals surface area contributed by atoms with E-state index < -0.39 is 11.5 Å². The maximum absolute atomic E-state index is 11.1. The molecule has 1 heterocycles. The third-order valence-electron chi connectivity index (χ3n) is 2.35. The summed E-state index contributed by atoms with van der Waals surface area (Å²) in [5.74, 6) is -0.614. The fourth-order valence-electron chi connectivity index (χ4n) is 1.03. The van der Waals surface area contributed by atoms with Crippen LogP contribution in [-0.2, 0) is 4.79 Å². The quantitative estimate of drug-likeness (QED) is 0.796. The molecule has 0 fully saturated rings. The highest BCUT2D eigenvalue weighted by Crippen LogP contribution is 2.27. The van der Waals surface area contributed by atoms with Crippen molar-refractivity contribution in [3.63, 3.8) is 0 Å². The van der Waals surface area contributed by atoms with Gasteiger partial charge in [-0.05, 0) is 13.3 Å². The van der Waals surface area contributed by atoms with Crippen molar-refractivity contribution >= 4 is 23.6 Å². The number of carboxylic acid groups (broad SMARTS) is 1. The van der Waals surface area contributed by atoms with Crippen LogP contribution < -0.4 is 4.42 Å². The van der Waals surface area contributed by atoms with E-state index in [0.29, 0.717) is 12.2 Å². The molecule has 1 atom stereocenters. The molecule has 0 saturated heterocycles. The van der Waals surface area contributed by atoms with E-state index in [1.54, 1.807) is 19.9 Å². The van der Waals surface area contributed by atoms with E-state index >= 15 is 0 Å². The summed E-state index contributed by atoms with van der Waals surface area (Å²) < 4.78 is 1.12. The second kappa shape index (κ2) is 4.44. The number of carboxylic acids is 1. The zero-order valence-electron chi connectivity index (χ0n) is 8.51. The van der Waals surface area contributed by atoms with Crippen LogP contribution in [0, 0.1) is 0 Å². The topological polar surface area (TPSA) is 66.3 Å². The largest absolute Gasteiger partial charge is 0.479 e. The van der Waals surface area contributed by atoms with E-state index in [4.69, 9.17) is 16.9 Å². The van der Waals surface area contributed by atoms with Crippen molar-refractivity contribution in [1.82, 2.24) is 9.97 Å². The molecule has 1 unspecified atom stereocenters. The summed E-state index contributed by atoms with van der Waals surface area (Å²) in [5, 5.41) is 9.09. The maximum Gasteiger partial charge on any atom is 0.330 e. The van der Waals surface area contributed by atoms with Crippen molar-refractivity contribution in [2.75, 3.05) is 4.42 Å². The van der Waals surface area contributed by atoms with E-state index in [9.17, 15) is 4.79 Å². The zero-order valence-corrected chi connectivity index (χ0v) is 9.27. The Hall–Kier alpha value is -1.36. The normalized spacial score (nSPS) is 14.3. The Balaban J connectivity index is 3.02. The van der Waals surface area contributed by atoms with Crippen LogP contribution in [-0.4, -0.2) is 26.6 Å². The molecule has 0 spiro atoms. The maximum atomic E-state index is 11.1. The minimum atomic E-state index is -1.17. The number of anilines is 1. The highest BCUT2D eigenvalue weighted by Gasteiger charge is 2.38. The Morgan fingerprint density at radius 1 is 1.73 bits per heavy atom. The molecule has 1 aromatic heterocycles. The highest BCUT2D eigenvalue weighted by molar-refractivity contribution is 6.27. The summed E-state index contributed by atoms with van der Waals surface area (Å²) in [4.78, 5) is 18.7. The van der Waals surface area contributed by atoms with Gasteiger partial charge in [-0.2, -0.15) is 0 Å². The summed E-state index contributed by atoms with van der Waals surface area (Å²) in [5.41, 5.74) is -1.17. The lowest BCUT2D eigenvalue weighted by Gasteiger charge is -2.31. The van der Waals surface area contributed by atoms with Crippen molar-refractivity contribution in [2.45, 2.75) is 25.8 Å². The van der Waals surface area contributed by atoms with E-state index in [-0.39, 0.29) is 0 Å². The molecular weight excluding hydrogens is 218 g/mol. The fourth-order valence-corrected chi connectivity index (χ4v) is 1.32. The smallest absolute Gasteiger partial charge is 0.330 e. The summed E-state index contributed by atoms with van der Waals surface area (Å²) in [6.07, 6.45) is 3.20. The summed E-state index contributed by atoms with van der Waals surface area (Å²) >= 11 is 5.97. The van der Waals surface area contributed by atoms with Crippen molar-refractivity contribution < 1.29 is 9.90 Å². The van der Waals surface area contributed by atoms with Gasteiger partial charge in [-0.15, -0.1) is 0 Å². The van der Waals surface area contributed by atoms with E-state index in [1.165, 1.54) is 12.5 Å². The van der Waals surface area contributed by atoms with Gasteiger partial charge in [-0.1, -0.05) is 6.92 Å². The Morgan fingerprint density at radius 3 is 2.80 bits per heavy atom. The van der Waals surface area contributed by atoms with Crippen molar-refractivity contribution in [3.8, 4) is 0 Å². The van der Waals surface area contributed by atoms with Gasteiger partial charge in [0.1, 0.15) is 12.1 Å². The van der Waals surface area contributed by atoms with Crippen LogP contribution in [0.4, 0.5) is 5.82 Å². The first-order valence-electron chi connectivity index (χ1n) is 4.47. The molecule has 15 heavy (non-hydrogen) atoms. The molecule has 0 saturated carbocycles. The second-order valence-electron chi connectivity index (χ2n) is 3.28. The average molecular weight is 230 g/mol. The Kier molecular flexibility index (Phi) is 3.47. The van der Waals surface area contributed by atoms with Gasteiger partial charge in [0.2, 0.25) is 0 Å². The molecule has 5 nitrogen and oxygen atoms in total. The molecule has 0 aromatic carbocycles. The van der Waals surface area contributed by atoms with Gasteiger partial charge >= 0.3 is 5.97 Å². The first-order valence-corrected chi connectivity index (χ1v) is 4.81. The van der Waals surface area contributed by atoms with Crippen molar-refractivity contribution in [2.24, 2.45) is 0 Å².